The molecule has 0 spiro atoms. The second-order valence-corrected chi connectivity index (χ2v) is 12.6. The topological polar surface area (TPSA) is 94.9 Å². The Bertz CT molecular complexity index is 1690. The highest BCUT2D eigenvalue weighted by atomic mass is 35.5. The number of halogens is 1. The number of nitrogens with one attached hydrogen (secondary N) is 1. The van der Waals surface area contributed by atoms with Gasteiger partial charge in [0.2, 0.25) is 11.8 Å². The van der Waals surface area contributed by atoms with E-state index in [1.165, 1.54) is 11.8 Å². The summed E-state index contributed by atoms with van der Waals surface area (Å²) in [6.07, 6.45) is 1.86. The minimum Gasteiger partial charge on any atom is -0.497 e. The van der Waals surface area contributed by atoms with Gasteiger partial charge in [-0.15, -0.1) is 11.8 Å². The lowest BCUT2D eigenvalue weighted by molar-refractivity contribution is -0.123. The van der Waals surface area contributed by atoms with Crippen LogP contribution < -0.4 is 19.7 Å². The second kappa shape index (κ2) is 13.6. The molecule has 3 heterocycles. The molecule has 11 heteroatoms. The molecule has 0 aliphatic carbocycles. The lowest BCUT2D eigenvalue weighted by atomic mass is 9.98. The van der Waals surface area contributed by atoms with Crippen LogP contribution in [0.3, 0.4) is 0 Å². The molecule has 1 N–H and O–H groups in total. The second-order valence-electron chi connectivity index (χ2n) is 11.1. The number of amides is 2. The third-order valence-electron chi connectivity index (χ3n) is 8.06. The van der Waals surface area contributed by atoms with E-state index < -0.39 is 0 Å². The molecule has 1 saturated heterocycles. The van der Waals surface area contributed by atoms with Gasteiger partial charge in [-0.25, -0.2) is 4.68 Å². The number of fused-ring (bicyclic) bond motifs is 1. The predicted molar refractivity (Wildman–Crippen MR) is 177 cm³/mol. The third-order valence-corrected chi connectivity index (χ3v) is 9.55. The summed E-state index contributed by atoms with van der Waals surface area (Å²) >= 11 is 7.76. The van der Waals surface area contributed by atoms with E-state index in [2.05, 4.69) is 5.32 Å². The molecule has 4 aromatic rings. The van der Waals surface area contributed by atoms with Crippen LogP contribution in [0.1, 0.15) is 34.8 Å². The maximum atomic E-state index is 14.0. The van der Waals surface area contributed by atoms with Crippen LogP contribution in [0.2, 0.25) is 5.02 Å². The summed E-state index contributed by atoms with van der Waals surface area (Å²) in [6, 6.07) is 21.0. The SMILES string of the molecule is COc1ccc(OC)c([C@H]2SCC(=O)N(CC(=O)NC[C@H]3CCCO3)c3c2c(-c2ccc(Cl)cc2)nn3-c2ccc(C)cc2)c1. The third kappa shape index (κ3) is 6.54. The van der Waals surface area contributed by atoms with E-state index in [0.29, 0.717) is 41.2 Å². The summed E-state index contributed by atoms with van der Waals surface area (Å²) in [5.74, 6) is 1.51. The van der Waals surface area contributed by atoms with E-state index in [4.69, 9.17) is 30.9 Å². The Hall–Kier alpha value is -3.99. The van der Waals surface area contributed by atoms with Crippen LogP contribution in [0.4, 0.5) is 5.82 Å². The van der Waals surface area contributed by atoms with Gasteiger partial charge in [-0.2, -0.15) is 5.10 Å². The zero-order valence-corrected chi connectivity index (χ0v) is 27.0. The number of hydrogen-bond donors (Lipinski definition) is 1. The van der Waals surface area contributed by atoms with Gasteiger partial charge in [-0.3, -0.25) is 14.5 Å². The summed E-state index contributed by atoms with van der Waals surface area (Å²) < 4.78 is 18.9. The van der Waals surface area contributed by atoms with Gasteiger partial charge in [0.15, 0.2) is 0 Å². The zero-order valence-electron chi connectivity index (χ0n) is 25.4. The van der Waals surface area contributed by atoms with E-state index in [0.717, 1.165) is 40.8 Å². The quantitative estimate of drug-likeness (QED) is 0.239. The molecule has 3 aromatic carbocycles. The number of carbonyl (C=O) groups excluding carboxylic acids is 2. The van der Waals surface area contributed by atoms with Crippen molar-refractivity contribution >= 4 is 41.0 Å². The van der Waals surface area contributed by atoms with E-state index >= 15 is 0 Å². The van der Waals surface area contributed by atoms with Crippen LogP contribution in [0.25, 0.3) is 16.9 Å². The first-order valence-corrected chi connectivity index (χ1v) is 16.3. The van der Waals surface area contributed by atoms with Crippen molar-refractivity contribution in [2.24, 2.45) is 0 Å². The molecule has 0 unspecified atom stereocenters. The van der Waals surface area contributed by atoms with Crippen molar-refractivity contribution < 1.29 is 23.8 Å². The van der Waals surface area contributed by atoms with Gasteiger partial charge in [-0.1, -0.05) is 41.4 Å². The van der Waals surface area contributed by atoms with Crippen LogP contribution >= 0.6 is 23.4 Å². The highest BCUT2D eigenvalue weighted by molar-refractivity contribution is 8.00. The molecule has 0 saturated carbocycles. The molecule has 1 aromatic heterocycles. The van der Waals surface area contributed by atoms with E-state index in [1.807, 2.05) is 73.7 Å². The summed E-state index contributed by atoms with van der Waals surface area (Å²) in [7, 11) is 3.24. The van der Waals surface area contributed by atoms with Crippen molar-refractivity contribution in [1.29, 1.82) is 0 Å². The molecule has 234 valence electrons. The molecule has 2 atom stereocenters. The van der Waals surface area contributed by atoms with Gasteiger partial charge in [0, 0.05) is 34.9 Å². The molecule has 0 radical (unpaired) electrons. The first-order chi connectivity index (χ1) is 21.9. The van der Waals surface area contributed by atoms with Crippen molar-refractivity contribution in [3.05, 3.63) is 88.4 Å². The largest absolute Gasteiger partial charge is 0.497 e. The predicted octanol–water partition coefficient (Wildman–Crippen LogP) is 5.98. The number of benzene rings is 3. The number of aryl methyl sites for hydroxylation is 1. The Morgan fingerprint density at radius 3 is 2.56 bits per heavy atom. The van der Waals surface area contributed by atoms with Crippen LogP contribution in [0.5, 0.6) is 11.5 Å². The summed E-state index contributed by atoms with van der Waals surface area (Å²) in [6.45, 7) is 2.95. The van der Waals surface area contributed by atoms with Crippen LogP contribution in [0.15, 0.2) is 66.7 Å². The van der Waals surface area contributed by atoms with Crippen molar-refractivity contribution in [2.75, 3.05) is 44.6 Å². The average molecular weight is 647 g/mol. The van der Waals surface area contributed by atoms with Crippen molar-refractivity contribution in [1.82, 2.24) is 15.1 Å². The summed E-state index contributed by atoms with van der Waals surface area (Å²) in [4.78, 5) is 29.0. The highest BCUT2D eigenvalue weighted by Crippen LogP contribution is 2.51. The van der Waals surface area contributed by atoms with Gasteiger partial charge in [-0.05, 0) is 62.2 Å². The van der Waals surface area contributed by atoms with Crippen molar-refractivity contribution in [2.45, 2.75) is 31.1 Å². The van der Waals surface area contributed by atoms with Crippen LogP contribution in [-0.4, -0.2) is 67.4 Å². The average Bonchev–Trinajstić information content (AvgIpc) is 3.69. The Morgan fingerprint density at radius 2 is 1.87 bits per heavy atom. The molecule has 0 bridgehead atoms. The monoisotopic (exact) mass is 646 g/mol. The van der Waals surface area contributed by atoms with E-state index in [-0.39, 0.29) is 35.5 Å². The molecule has 1 fully saturated rings. The number of thioether (sulfide) groups is 1. The smallest absolute Gasteiger partial charge is 0.240 e. The molecule has 9 nitrogen and oxygen atoms in total. The molecular weight excluding hydrogens is 612 g/mol. The fourth-order valence-electron chi connectivity index (χ4n) is 5.73. The maximum Gasteiger partial charge on any atom is 0.240 e. The summed E-state index contributed by atoms with van der Waals surface area (Å²) in [5, 5.41) is 8.35. The number of carbonyl (C=O) groups is 2. The number of hydrogen-bond acceptors (Lipinski definition) is 7. The number of nitrogens with zero attached hydrogens (tertiary/aromatic N) is 3. The normalized spacial score (nSPS) is 18.0. The number of methoxy groups -OCH3 is 2. The van der Waals surface area contributed by atoms with Gasteiger partial charge in [0.05, 0.1) is 42.7 Å². The van der Waals surface area contributed by atoms with Crippen molar-refractivity contribution in [3.8, 4) is 28.4 Å². The van der Waals surface area contributed by atoms with E-state index in [9.17, 15) is 9.59 Å². The van der Waals surface area contributed by atoms with Gasteiger partial charge in [0.1, 0.15) is 23.9 Å². The first-order valence-electron chi connectivity index (χ1n) is 14.8. The fourth-order valence-corrected chi connectivity index (χ4v) is 7.07. The van der Waals surface area contributed by atoms with Gasteiger partial charge >= 0.3 is 0 Å². The minimum absolute atomic E-state index is 0.0144. The van der Waals surface area contributed by atoms with Crippen LogP contribution in [-0.2, 0) is 14.3 Å². The zero-order chi connectivity index (χ0) is 31.5. The van der Waals surface area contributed by atoms with Gasteiger partial charge in [0.25, 0.3) is 0 Å². The number of ether oxygens (including phenoxy) is 3. The lowest BCUT2D eigenvalue weighted by Gasteiger charge is -2.24. The molecule has 2 amide bonds. The Morgan fingerprint density at radius 1 is 1.09 bits per heavy atom. The van der Waals surface area contributed by atoms with E-state index in [1.54, 1.807) is 23.8 Å². The molecule has 2 aliphatic heterocycles. The van der Waals surface area contributed by atoms with Crippen LogP contribution in [0, 0.1) is 6.92 Å². The molecule has 2 aliphatic rings. The van der Waals surface area contributed by atoms with Crippen molar-refractivity contribution in [3.63, 3.8) is 0 Å². The Balaban J connectivity index is 1.56. The number of aromatic nitrogens is 2. The minimum atomic E-state index is -0.390. The van der Waals surface area contributed by atoms with Gasteiger partial charge < -0.3 is 19.5 Å². The number of anilines is 1. The Labute approximate surface area is 271 Å². The Kier molecular flexibility index (Phi) is 9.34. The summed E-state index contributed by atoms with van der Waals surface area (Å²) in [5.41, 5.74) is 4.96. The molecular formula is C34H35ClN4O5S. The standard InChI is InChI=1S/C34H35ClN4O5S/c1-21-6-12-24(13-7-21)39-34-31(32(37-39)22-8-10-23(35)11-9-22)33(27-17-25(42-2)14-15-28(27)43-3)45-20-30(41)38(34)19-29(40)36-18-26-5-4-16-44-26/h6-15,17,26,33H,4-5,16,18-20H2,1-3H3,(H,36,40)/t26-,33-/m1/s1. The number of rotatable bonds is 9. The lowest BCUT2D eigenvalue weighted by Crippen LogP contribution is -2.44. The molecule has 45 heavy (non-hydrogen) atoms. The molecule has 6 rings (SSSR count). The maximum absolute atomic E-state index is 14.0. The first kappa shape index (κ1) is 31.0. The fraction of sp³-hybridized carbons (Fsp3) is 0.324. The highest BCUT2D eigenvalue weighted by Gasteiger charge is 2.39.